The maximum atomic E-state index is 10.5. The third-order valence-corrected chi connectivity index (χ3v) is 2.27. The van der Waals surface area contributed by atoms with Gasteiger partial charge in [-0.05, 0) is 17.7 Å². The molecule has 0 saturated carbocycles. The number of fused-ring (bicyclic) bond motifs is 1. The zero-order chi connectivity index (χ0) is 11.0. The van der Waals surface area contributed by atoms with Crippen LogP contribution in [0.2, 0.25) is 10.4 Å². The fourth-order valence-corrected chi connectivity index (χ4v) is 1.70. The number of aromatic nitrogens is 3. The molecule has 2 rings (SSSR count). The summed E-state index contributed by atoms with van der Waals surface area (Å²) in [6.45, 7) is 0. The Bertz CT molecular complexity index is 538. The summed E-state index contributed by atoms with van der Waals surface area (Å²) in [6, 6.07) is 1.60. The molecule has 2 aromatic heterocycles. The molecule has 0 radical (unpaired) electrons. The van der Waals surface area contributed by atoms with E-state index >= 15 is 0 Å². The number of hydrogen-bond acceptors (Lipinski definition) is 3. The second-order valence-electron chi connectivity index (χ2n) is 2.91. The van der Waals surface area contributed by atoms with Crippen molar-refractivity contribution in [2.24, 2.45) is 0 Å². The molecule has 7 heteroatoms. The van der Waals surface area contributed by atoms with Gasteiger partial charge in [-0.2, -0.15) is 4.98 Å². The highest BCUT2D eigenvalue weighted by Crippen LogP contribution is 2.22. The van der Waals surface area contributed by atoms with E-state index in [4.69, 9.17) is 28.3 Å². The summed E-state index contributed by atoms with van der Waals surface area (Å²) in [5, 5.41) is 9.40. The molecule has 0 aliphatic rings. The summed E-state index contributed by atoms with van der Waals surface area (Å²) in [5.74, 6) is -0.934. The number of aliphatic carboxylic acids is 1. The molecule has 2 aromatic rings. The van der Waals surface area contributed by atoms with E-state index in [1.807, 2.05) is 0 Å². The fourth-order valence-electron chi connectivity index (χ4n) is 1.26. The molecule has 0 spiro atoms. The normalized spacial score (nSPS) is 10.8. The van der Waals surface area contributed by atoms with Gasteiger partial charge in [0.25, 0.3) is 0 Å². The Morgan fingerprint density at radius 2 is 2.20 bits per heavy atom. The lowest BCUT2D eigenvalue weighted by Crippen LogP contribution is -1.99. The first-order valence-corrected chi connectivity index (χ1v) is 4.74. The lowest BCUT2D eigenvalue weighted by atomic mass is 10.3. The molecule has 5 nitrogen and oxygen atoms in total. The predicted octanol–water partition coefficient (Wildman–Crippen LogP) is 1.89. The average Bonchev–Trinajstić information content (AvgIpc) is 2.45. The van der Waals surface area contributed by atoms with Crippen LogP contribution in [0.25, 0.3) is 11.0 Å². The van der Waals surface area contributed by atoms with Crippen LogP contribution in [0.15, 0.2) is 6.07 Å². The van der Waals surface area contributed by atoms with Gasteiger partial charge in [0.1, 0.15) is 10.8 Å². The third-order valence-electron chi connectivity index (χ3n) is 1.81. The summed E-state index contributed by atoms with van der Waals surface area (Å²) in [7, 11) is 0. The molecule has 0 fully saturated rings. The van der Waals surface area contributed by atoms with E-state index in [0.717, 1.165) is 0 Å². The van der Waals surface area contributed by atoms with Crippen molar-refractivity contribution < 1.29 is 9.90 Å². The van der Waals surface area contributed by atoms with Gasteiger partial charge in [0.2, 0.25) is 5.28 Å². The van der Waals surface area contributed by atoms with Crippen LogP contribution in [0.1, 0.15) is 5.69 Å². The van der Waals surface area contributed by atoms with Crippen molar-refractivity contribution in [3.05, 3.63) is 22.2 Å². The molecule has 0 saturated heterocycles. The molecule has 0 bridgehead atoms. The van der Waals surface area contributed by atoms with Crippen molar-refractivity contribution in [1.82, 2.24) is 15.0 Å². The molecule has 0 aromatic carbocycles. The number of carboxylic acid groups (broad SMARTS) is 1. The average molecular weight is 246 g/mol. The molecule has 0 amide bonds. The summed E-state index contributed by atoms with van der Waals surface area (Å²) in [5.41, 5.74) is 0.951. The number of nitrogens with one attached hydrogen (secondary N) is 1. The second kappa shape index (κ2) is 3.67. The van der Waals surface area contributed by atoms with Crippen LogP contribution in [-0.2, 0) is 11.2 Å². The Morgan fingerprint density at radius 3 is 2.87 bits per heavy atom. The molecule has 0 atom stereocenters. The van der Waals surface area contributed by atoms with E-state index in [1.165, 1.54) is 0 Å². The predicted molar refractivity (Wildman–Crippen MR) is 55.2 cm³/mol. The number of aromatic amines is 1. The highest BCUT2D eigenvalue weighted by atomic mass is 35.5. The molecule has 15 heavy (non-hydrogen) atoms. The van der Waals surface area contributed by atoms with Gasteiger partial charge in [-0.3, -0.25) is 4.79 Å². The van der Waals surface area contributed by atoms with Crippen molar-refractivity contribution in [3.63, 3.8) is 0 Å². The van der Waals surface area contributed by atoms with Crippen LogP contribution in [0.3, 0.4) is 0 Å². The van der Waals surface area contributed by atoms with E-state index in [1.54, 1.807) is 6.07 Å². The minimum absolute atomic E-state index is 0.0243. The number of H-pyrrole nitrogens is 1. The van der Waals surface area contributed by atoms with Crippen LogP contribution in [0.5, 0.6) is 0 Å². The summed E-state index contributed by atoms with van der Waals surface area (Å²) < 4.78 is 0. The van der Waals surface area contributed by atoms with Gasteiger partial charge in [-0.15, -0.1) is 0 Å². The molecular weight excluding hydrogens is 241 g/mol. The van der Waals surface area contributed by atoms with Crippen molar-refractivity contribution >= 4 is 40.2 Å². The van der Waals surface area contributed by atoms with Gasteiger partial charge in [0.15, 0.2) is 0 Å². The quantitative estimate of drug-likeness (QED) is 0.626. The molecule has 0 aliphatic heterocycles. The molecule has 0 unspecified atom stereocenters. The Kier molecular flexibility index (Phi) is 2.50. The Hall–Kier alpha value is -1.33. The van der Waals surface area contributed by atoms with Crippen LogP contribution in [0.4, 0.5) is 0 Å². The van der Waals surface area contributed by atoms with Crippen LogP contribution < -0.4 is 0 Å². The smallest absolute Gasteiger partial charge is 0.309 e. The fraction of sp³-hybridized carbons (Fsp3) is 0.125. The lowest BCUT2D eigenvalue weighted by molar-refractivity contribution is -0.136. The van der Waals surface area contributed by atoms with Crippen molar-refractivity contribution in [1.29, 1.82) is 0 Å². The minimum atomic E-state index is -0.934. The highest BCUT2D eigenvalue weighted by Gasteiger charge is 2.10. The number of carboxylic acids is 1. The summed E-state index contributed by atoms with van der Waals surface area (Å²) in [6.07, 6.45) is -0.121. The lowest BCUT2D eigenvalue weighted by Gasteiger charge is -1.92. The van der Waals surface area contributed by atoms with Crippen molar-refractivity contribution in [3.8, 4) is 0 Å². The number of halogens is 2. The molecule has 2 N–H and O–H groups in total. The maximum Gasteiger partial charge on any atom is 0.309 e. The zero-order valence-electron chi connectivity index (χ0n) is 7.29. The van der Waals surface area contributed by atoms with Gasteiger partial charge < -0.3 is 10.1 Å². The first-order chi connectivity index (χ1) is 7.06. The topological polar surface area (TPSA) is 78.9 Å². The minimum Gasteiger partial charge on any atom is -0.481 e. The number of carbonyl (C=O) groups is 1. The van der Waals surface area contributed by atoms with E-state index in [-0.39, 0.29) is 16.9 Å². The summed E-state index contributed by atoms with van der Waals surface area (Å²) in [4.78, 5) is 20.9. The number of hydrogen-bond donors (Lipinski definition) is 2. The molecule has 2 heterocycles. The highest BCUT2D eigenvalue weighted by molar-refractivity contribution is 6.35. The summed E-state index contributed by atoms with van der Waals surface area (Å²) >= 11 is 11.4. The first-order valence-electron chi connectivity index (χ1n) is 3.98. The van der Waals surface area contributed by atoms with Crippen molar-refractivity contribution in [2.45, 2.75) is 6.42 Å². The molecular formula is C8H5Cl2N3O2. The standard InChI is InChI=1S/C8H5Cl2N3O2/c9-6-4-1-3(2-5(14)15)11-7(4)13-8(10)12-6/h1H,2H2,(H,14,15)(H,11,12,13). The SMILES string of the molecule is O=C(O)Cc1cc2c(Cl)nc(Cl)nc2[nH]1. The van der Waals surface area contributed by atoms with Crippen molar-refractivity contribution in [2.75, 3.05) is 0 Å². The van der Waals surface area contributed by atoms with Crippen LogP contribution >= 0.6 is 23.2 Å². The van der Waals surface area contributed by atoms with E-state index < -0.39 is 5.97 Å². The third kappa shape index (κ3) is 2.03. The van der Waals surface area contributed by atoms with E-state index in [0.29, 0.717) is 16.7 Å². The Balaban J connectivity index is 2.55. The Morgan fingerprint density at radius 1 is 1.47 bits per heavy atom. The number of nitrogens with zero attached hydrogens (tertiary/aromatic N) is 2. The van der Waals surface area contributed by atoms with Gasteiger partial charge in [0, 0.05) is 5.69 Å². The zero-order valence-corrected chi connectivity index (χ0v) is 8.80. The maximum absolute atomic E-state index is 10.5. The largest absolute Gasteiger partial charge is 0.481 e. The number of rotatable bonds is 2. The van der Waals surface area contributed by atoms with E-state index in [9.17, 15) is 4.79 Å². The van der Waals surface area contributed by atoms with Crippen LogP contribution in [-0.4, -0.2) is 26.0 Å². The molecule has 78 valence electrons. The van der Waals surface area contributed by atoms with Gasteiger partial charge in [0.05, 0.1) is 11.8 Å². The van der Waals surface area contributed by atoms with Gasteiger partial charge in [-0.25, -0.2) is 4.98 Å². The van der Waals surface area contributed by atoms with E-state index in [2.05, 4.69) is 15.0 Å². The van der Waals surface area contributed by atoms with Crippen LogP contribution in [0, 0.1) is 0 Å². The second-order valence-corrected chi connectivity index (χ2v) is 3.61. The Labute approximate surface area is 94.1 Å². The first kappa shape index (κ1) is 10.2. The monoisotopic (exact) mass is 245 g/mol. The van der Waals surface area contributed by atoms with Gasteiger partial charge in [-0.1, -0.05) is 11.6 Å². The van der Waals surface area contributed by atoms with Gasteiger partial charge >= 0.3 is 5.97 Å². The molecule has 0 aliphatic carbocycles.